The topological polar surface area (TPSA) is 90.2 Å². The number of carbonyl (C=O) groups is 2. The maximum atomic E-state index is 13.7. The van der Waals surface area contributed by atoms with Crippen LogP contribution in [0.1, 0.15) is 27.2 Å². The van der Waals surface area contributed by atoms with Gasteiger partial charge < -0.3 is 24.2 Å². The number of aryl methyl sites for hydroxylation is 1. The second kappa shape index (κ2) is 10.1. The number of carboxylic acids is 1. The first kappa shape index (κ1) is 25.2. The number of fused-ring (bicyclic) bond motifs is 2. The van der Waals surface area contributed by atoms with Crippen LogP contribution in [0, 0.1) is 13.8 Å². The monoisotopic (exact) mass is 514 g/mol. The number of hydrogen-bond donors (Lipinski definition) is 1. The quantitative estimate of drug-likeness (QED) is 0.377. The number of aliphatic carboxylic acids is 1. The molecule has 0 saturated heterocycles. The summed E-state index contributed by atoms with van der Waals surface area (Å²) in [4.78, 5) is 27.4. The maximum Gasteiger partial charge on any atom is 0.307 e. The fourth-order valence-corrected chi connectivity index (χ4v) is 5.06. The Morgan fingerprint density at radius 2 is 1.87 bits per heavy atom. The number of para-hydroxylation sites is 2. The lowest BCUT2D eigenvalue weighted by atomic mass is 10.1. The first-order valence-electron chi connectivity index (χ1n) is 12.4. The van der Waals surface area contributed by atoms with Crippen molar-refractivity contribution in [2.75, 3.05) is 32.2 Å². The molecule has 3 aromatic carbocycles. The van der Waals surface area contributed by atoms with E-state index in [-0.39, 0.29) is 18.4 Å². The van der Waals surface area contributed by atoms with E-state index in [2.05, 4.69) is 4.90 Å². The average molecular weight is 515 g/mol. The van der Waals surface area contributed by atoms with Crippen molar-refractivity contribution in [2.24, 2.45) is 0 Å². The summed E-state index contributed by atoms with van der Waals surface area (Å²) in [5, 5.41) is 10.2. The van der Waals surface area contributed by atoms with Gasteiger partial charge in [0.15, 0.2) is 0 Å². The van der Waals surface area contributed by atoms with E-state index in [4.69, 9.17) is 14.2 Å². The van der Waals surface area contributed by atoms with Gasteiger partial charge in [0.2, 0.25) is 0 Å². The molecule has 0 aliphatic carbocycles. The summed E-state index contributed by atoms with van der Waals surface area (Å²) in [7, 11) is 3.59. The molecule has 8 nitrogen and oxygen atoms in total. The molecule has 1 aromatic heterocycles. The first-order chi connectivity index (χ1) is 18.3. The smallest absolute Gasteiger partial charge is 0.307 e. The summed E-state index contributed by atoms with van der Waals surface area (Å²) in [6.45, 7) is 4.74. The molecule has 1 aliphatic rings. The van der Waals surface area contributed by atoms with Gasteiger partial charge in [-0.15, -0.1) is 0 Å². The van der Waals surface area contributed by atoms with Crippen LogP contribution in [-0.2, 0) is 11.2 Å². The molecule has 0 saturated carbocycles. The number of aromatic nitrogens is 1. The Kier molecular flexibility index (Phi) is 6.72. The third-order valence-electron chi connectivity index (χ3n) is 6.97. The van der Waals surface area contributed by atoms with E-state index in [0.717, 1.165) is 17.0 Å². The summed E-state index contributed by atoms with van der Waals surface area (Å²) >= 11 is 0. The Balaban J connectivity index is 1.38. The molecule has 0 unspecified atom stereocenters. The van der Waals surface area contributed by atoms with Crippen LogP contribution in [0.3, 0.4) is 0 Å². The zero-order valence-electron chi connectivity index (χ0n) is 21.9. The molecule has 0 bridgehead atoms. The first-order valence-corrected chi connectivity index (χ1v) is 12.4. The van der Waals surface area contributed by atoms with Gasteiger partial charge in [0.05, 0.1) is 31.3 Å². The van der Waals surface area contributed by atoms with Crippen LogP contribution in [-0.4, -0.2) is 55.0 Å². The number of anilines is 1. The van der Waals surface area contributed by atoms with Gasteiger partial charge in [-0.05, 0) is 73.5 Å². The van der Waals surface area contributed by atoms with Crippen molar-refractivity contribution in [1.82, 2.24) is 4.57 Å². The SMILES string of the molecule is COc1ccc2c(c1)c(CC(=O)O)c(C)n2C(=O)c1ccc(OC[C@@H]2CN(C)c3ccccc3O2)c(C)c1. The number of nitrogens with zero attached hydrogens (tertiary/aromatic N) is 2. The molecule has 0 fully saturated rings. The Labute approximate surface area is 221 Å². The molecule has 0 radical (unpaired) electrons. The van der Waals surface area contributed by atoms with E-state index in [9.17, 15) is 14.7 Å². The number of methoxy groups -OCH3 is 1. The highest BCUT2D eigenvalue weighted by atomic mass is 16.5. The lowest BCUT2D eigenvalue weighted by molar-refractivity contribution is -0.136. The molecule has 8 heteroatoms. The Bertz CT molecular complexity index is 1540. The molecule has 196 valence electrons. The molecular formula is C30H30N2O6. The predicted molar refractivity (Wildman–Crippen MR) is 145 cm³/mol. The van der Waals surface area contributed by atoms with Crippen molar-refractivity contribution in [3.05, 3.63) is 83.0 Å². The molecule has 5 rings (SSSR count). The van der Waals surface area contributed by atoms with Crippen molar-refractivity contribution in [2.45, 2.75) is 26.4 Å². The van der Waals surface area contributed by atoms with Crippen LogP contribution in [0.4, 0.5) is 5.69 Å². The number of carbonyl (C=O) groups excluding carboxylic acids is 1. The van der Waals surface area contributed by atoms with E-state index in [1.54, 1.807) is 55.0 Å². The lowest BCUT2D eigenvalue weighted by Gasteiger charge is -2.33. The highest BCUT2D eigenvalue weighted by Crippen LogP contribution is 2.33. The van der Waals surface area contributed by atoms with Crippen molar-refractivity contribution in [1.29, 1.82) is 0 Å². The zero-order chi connectivity index (χ0) is 27.0. The van der Waals surface area contributed by atoms with Gasteiger partial charge in [0.25, 0.3) is 5.91 Å². The summed E-state index contributed by atoms with van der Waals surface area (Å²) in [6.07, 6.45) is -0.320. The lowest BCUT2D eigenvalue weighted by Crippen LogP contribution is -2.41. The van der Waals surface area contributed by atoms with E-state index in [1.807, 2.05) is 38.2 Å². The van der Waals surface area contributed by atoms with Crippen molar-refractivity contribution in [3.8, 4) is 17.2 Å². The Morgan fingerprint density at radius 1 is 1.08 bits per heavy atom. The number of carboxylic acid groups (broad SMARTS) is 1. The normalized spacial score (nSPS) is 14.6. The van der Waals surface area contributed by atoms with Crippen LogP contribution < -0.4 is 19.1 Å². The minimum absolute atomic E-state index is 0.130. The number of benzene rings is 3. The standard InChI is InChI=1S/C30H30N2O6/c1-18-13-20(9-12-27(18)37-17-22-16-31(3)26-7-5-6-8-28(26)38-22)30(35)32-19(2)23(15-29(33)34)24-14-21(36-4)10-11-25(24)32/h5-14,22H,15-17H2,1-4H3,(H,33,34)/t22-/m0/s1. The van der Waals surface area contributed by atoms with Gasteiger partial charge in [-0.3, -0.25) is 14.2 Å². The minimum atomic E-state index is -0.962. The second-order valence-corrected chi connectivity index (χ2v) is 9.54. The number of likely N-dealkylation sites (N-methyl/N-ethyl adjacent to an activating group) is 1. The van der Waals surface area contributed by atoms with Crippen LogP contribution in [0.5, 0.6) is 17.2 Å². The van der Waals surface area contributed by atoms with Crippen LogP contribution in [0.25, 0.3) is 10.9 Å². The maximum absolute atomic E-state index is 13.7. The number of rotatable bonds is 7. The zero-order valence-corrected chi connectivity index (χ0v) is 21.9. The predicted octanol–water partition coefficient (Wildman–Crippen LogP) is 4.86. The van der Waals surface area contributed by atoms with E-state index in [1.165, 1.54) is 0 Å². The Morgan fingerprint density at radius 3 is 2.61 bits per heavy atom. The highest BCUT2D eigenvalue weighted by Gasteiger charge is 2.25. The van der Waals surface area contributed by atoms with Gasteiger partial charge in [-0.2, -0.15) is 0 Å². The van der Waals surface area contributed by atoms with Gasteiger partial charge in [-0.1, -0.05) is 12.1 Å². The van der Waals surface area contributed by atoms with Crippen molar-refractivity contribution >= 4 is 28.5 Å². The molecule has 1 N–H and O–H groups in total. The third-order valence-corrected chi connectivity index (χ3v) is 6.97. The highest BCUT2D eigenvalue weighted by molar-refractivity contribution is 6.05. The third kappa shape index (κ3) is 4.65. The van der Waals surface area contributed by atoms with Gasteiger partial charge in [0.1, 0.15) is 30.0 Å². The summed E-state index contributed by atoms with van der Waals surface area (Å²) in [6, 6.07) is 18.6. The average Bonchev–Trinajstić information content (AvgIpc) is 3.17. The number of hydrogen-bond acceptors (Lipinski definition) is 6. The molecule has 0 amide bonds. The van der Waals surface area contributed by atoms with Crippen LogP contribution >= 0.6 is 0 Å². The van der Waals surface area contributed by atoms with Gasteiger partial charge in [-0.25, -0.2) is 0 Å². The second-order valence-electron chi connectivity index (χ2n) is 9.54. The minimum Gasteiger partial charge on any atom is -0.497 e. The van der Waals surface area contributed by atoms with E-state index < -0.39 is 5.97 Å². The molecular weight excluding hydrogens is 484 g/mol. The van der Waals surface area contributed by atoms with Gasteiger partial charge >= 0.3 is 5.97 Å². The fourth-order valence-electron chi connectivity index (χ4n) is 5.06. The Hall–Kier alpha value is -4.46. The fraction of sp³-hybridized carbons (Fsp3) is 0.267. The van der Waals surface area contributed by atoms with E-state index >= 15 is 0 Å². The largest absolute Gasteiger partial charge is 0.497 e. The molecule has 0 spiro atoms. The molecule has 1 aliphatic heterocycles. The van der Waals surface area contributed by atoms with Crippen LogP contribution in [0.15, 0.2) is 60.7 Å². The van der Waals surface area contributed by atoms with Crippen molar-refractivity contribution in [3.63, 3.8) is 0 Å². The summed E-state index contributed by atoms with van der Waals surface area (Å²) < 4.78 is 19.1. The van der Waals surface area contributed by atoms with Crippen molar-refractivity contribution < 1.29 is 28.9 Å². The molecule has 2 heterocycles. The number of ether oxygens (including phenoxy) is 3. The molecule has 1 atom stereocenters. The molecule has 38 heavy (non-hydrogen) atoms. The van der Waals surface area contributed by atoms with E-state index in [0.29, 0.717) is 52.4 Å². The van der Waals surface area contributed by atoms with Gasteiger partial charge in [0, 0.05) is 23.7 Å². The summed E-state index contributed by atoms with van der Waals surface area (Å²) in [5.74, 6) is 0.913. The molecule has 4 aromatic rings. The van der Waals surface area contributed by atoms with Crippen LogP contribution in [0.2, 0.25) is 0 Å². The summed E-state index contributed by atoms with van der Waals surface area (Å²) in [5.41, 5.74) is 4.19.